The van der Waals surface area contributed by atoms with Crippen molar-refractivity contribution in [2.24, 2.45) is 0 Å². The van der Waals surface area contributed by atoms with Crippen molar-refractivity contribution in [3.63, 3.8) is 0 Å². The first-order valence-electron chi connectivity index (χ1n) is 7.96. The summed E-state index contributed by atoms with van der Waals surface area (Å²) in [6, 6.07) is 9.18. The summed E-state index contributed by atoms with van der Waals surface area (Å²) in [6.07, 6.45) is 0.831. The van der Waals surface area contributed by atoms with Crippen LogP contribution in [0.3, 0.4) is 0 Å². The van der Waals surface area contributed by atoms with Crippen LogP contribution < -0.4 is 10.6 Å². The molecular weight excluding hydrogens is 375 g/mol. The minimum Gasteiger partial charge on any atom is -0.462 e. The van der Waals surface area contributed by atoms with E-state index in [4.69, 9.17) is 10.00 Å². The van der Waals surface area contributed by atoms with E-state index >= 15 is 0 Å². The molecule has 2 aromatic carbocycles. The molecule has 0 bridgehead atoms. The van der Waals surface area contributed by atoms with Crippen molar-refractivity contribution in [3.8, 4) is 6.07 Å². The highest BCUT2D eigenvalue weighted by atomic mass is 19.2. The van der Waals surface area contributed by atoms with Gasteiger partial charge in [-0.05, 0) is 31.2 Å². The summed E-state index contributed by atoms with van der Waals surface area (Å²) >= 11 is 0. The summed E-state index contributed by atoms with van der Waals surface area (Å²) in [7, 11) is 0. The van der Waals surface area contributed by atoms with Crippen molar-refractivity contribution >= 4 is 23.3 Å². The second-order valence-corrected chi connectivity index (χ2v) is 5.26. The third-order valence-electron chi connectivity index (χ3n) is 3.44. The highest BCUT2D eigenvalue weighted by Gasteiger charge is 2.17. The van der Waals surface area contributed by atoms with Crippen LogP contribution in [-0.2, 0) is 9.53 Å². The van der Waals surface area contributed by atoms with Crippen LogP contribution in [0.4, 0.5) is 24.5 Å². The Hall–Kier alpha value is -3.80. The largest absolute Gasteiger partial charge is 0.462 e. The molecule has 0 heterocycles. The summed E-state index contributed by atoms with van der Waals surface area (Å²) in [5.41, 5.74) is -0.783. The van der Waals surface area contributed by atoms with Gasteiger partial charge in [-0.25, -0.2) is 18.0 Å². The van der Waals surface area contributed by atoms with E-state index in [1.807, 2.05) is 0 Å². The normalized spacial score (nSPS) is 10.8. The predicted molar refractivity (Wildman–Crippen MR) is 94.7 cm³/mol. The zero-order valence-electron chi connectivity index (χ0n) is 14.6. The van der Waals surface area contributed by atoms with Gasteiger partial charge in [0, 0.05) is 6.20 Å². The van der Waals surface area contributed by atoms with Gasteiger partial charge in [0.05, 0.1) is 23.5 Å². The van der Waals surface area contributed by atoms with E-state index in [0.717, 1.165) is 12.3 Å². The molecule has 6 nitrogen and oxygen atoms in total. The molecule has 0 spiro atoms. The van der Waals surface area contributed by atoms with E-state index in [9.17, 15) is 22.8 Å². The van der Waals surface area contributed by atoms with Crippen molar-refractivity contribution in [1.29, 1.82) is 5.26 Å². The van der Waals surface area contributed by atoms with Crippen molar-refractivity contribution in [2.45, 2.75) is 6.92 Å². The van der Waals surface area contributed by atoms with Crippen LogP contribution in [0.1, 0.15) is 17.3 Å². The molecule has 28 heavy (non-hydrogen) atoms. The SMILES string of the molecule is CCOC(=O)c1ccccc1NC(=O)/C(C#N)=C\Nc1ccc(F)c(F)c1F. The number of esters is 1. The molecular formula is C19H14F3N3O3. The van der Waals surface area contributed by atoms with E-state index < -0.39 is 40.6 Å². The molecule has 2 N–H and O–H groups in total. The third kappa shape index (κ3) is 4.67. The summed E-state index contributed by atoms with van der Waals surface area (Å²) in [5, 5.41) is 13.8. The minimum absolute atomic E-state index is 0.0783. The average Bonchev–Trinajstić information content (AvgIpc) is 2.68. The van der Waals surface area contributed by atoms with Crippen molar-refractivity contribution in [1.82, 2.24) is 0 Å². The molecule has 1 amide bonds. The summed E-state index contributed by atoms with van der Waals surface area (Å²) in [5.74, 6) is -6.13. The molecule has 2 rings (SSSR count). The van der Waals surface area contributed by atoms with Gasteiger partial charge >= 0.3 is 5.97 Å². The first-order valence-corrected chi connectivity index (χ1v) is 7.96. The number of rotatable bonds is 6. The van der Waals surface area contributed by atoms with Crippen molar-refractivity contribution < 1.29 is 27.5 Å². The lowest BCUT2D eigenvalue weighted by molar-refractivity contribution is -0.112. The molecule has 0 aliphatic rings. The van der Waals surface area contributed by atoms with E-state index in [-0.39, 0.29) is 17.9 Å². The van der Waals surface area contributed by atoms with Gasteiger partial charge in [0.15, 0.2) is 17.5 Å². The van der Waals surface area contributed by atoms with Gasteiger partial charge in [-0.3, -0.25) is 4.79 Å². The quantitative estimate of drug-likeness (QED) is 0.340. The van der Waals surface area contributed by atoms with Gasteiger partial charge < -0.3 is 15.4 Å². The number of amides is 1. The number of nitrogens with one attached hydrogen (secondary N) is 2. The first kappa shape index (κ1) is 20.5. The number of carbonyl (C=O) groups is 2. The van der Waals surface area contributed by atoms with E-state index in [1.165, 1.54) is 12.1 Å². The first-order chi connectivity index (χ1) is 13.4. The third-order valence-corrected chi connectivity index (χ3v) is 3.44. The molecule has 9 heteroatoms. The van der Waals surface area contributed by atoms with E-state index in [2.05, 4.69) is 10.6 Å². The number of nitriles is 1. The molecule has 144 valence electrons. The summed E-state index contributed by atoms with van der Waals surface area (Å²) < 4.78 is 44.7. The molecule has 0 saturated carbocycles. The zero-order chi connectivity index (χ0) is 20.7. The van der Waals surface area contributed by atoms with E-state index in [1.54, 1.807) is 25.1 Å². The Bertz CT molecular complexity index is 984. The number of ether oxygens (including phenoxy) is 1. The molecule has 2 aromatic rings. The fourth-order valence-corrected chi connectivity index (χ4v) is 2.10. The van der Waals surface area contributed by atoms with E-state index in [0.29, 0.717) is 6.07 Å². The van der Waals surface area contributed by atoms with Crippen LogP contribution in [0.25, 0.3) is 0 Å². The van der Waals surface area contributed by atoms with Crippen LogP contribution in [0, 0.1) is 28.8 Å². The summed E-state index contributed by atoms with van der Waals surface area (Å²) in [6.45, 7) is 1.76. The Morgan fingerprint density at radius 2 is 1.82 bits per heavy atom. The van der Waals surface area contributed by atoms with Crippen LogP contribution in [0.15, 0.2) is 48.2 Å². The van der Waals surface area contributed by atoms with Crippen LogP contribution in [0.2, 0.25) is 0 Å². The lowest BCUT2D eigenvalue weighted by Crippen LogP contribution is -2.17. The Morgan fingerprint density at radius 1 is 1.11 bits per heavy atom. The number of benzene rings is 2. The monoisotopic (exact) mass is 389 g/mol. The number of nitrogens with zero attached hydrogens (tertiary/aromatic N) is 1. The molecule has 0 aliphatic carbocycles. The Balaban J connectivity index is 2.21. The van der Waals surface area contributed by atoms with Crippen LogP contribution >= 0.6 is 0 Å². The zero-order valence-corrected chi connectivity index (χ0v) is 14.6. The number of hydrogen-bond acceptors (Lipinski definition) is 5. The maximum absolute atomic E-state index is 13.6. The second kappa shape index (κ2) is 9.23. The Kier molecular flexibility index (Phi) is 6.76. The average molecular weight is 389 g/mol. The van der Waals surface area contributed by atoms with Crippen molar-refractivity contribution in [2.75, 3.05) is 17.2 Å². The fraction of sp³-hybridized carbons (Fsp3) is 0.105. The smallest absolute Gasteiger partial charge is 0.340 e. The second-order valence-electron chi connectivity index (χ2n) is 5.26. The number of anilines is 2. The molecule has 0 saturated heterocycles. The fourth-order valence-electron chi connectivity index (χ4n) is 2.10. The molecule has 0 aromatic heterocycles. The number of halogens is 3. The van der Waals surface area contributed by atoms with Gasteiger partial charge in [-0.15, -0.1) is 0 Å². The van der Waals surface area contributed by atoms with Crippen LogP contribution in [0.5, 0.6) is 0 Å². The maximum atomic E-state index is 13.6. The molecule has 0 unspecified atom stereocenters. The number of para-hydroxylation sites is 1. The minimum atomic E-state index is -1.69. The van der Waals surface area contributed by atoms with Gasteiger partial charge in [-0.2, -0.15) is 5.26 Å². The predicted octanol–water partition coefficient (Wildman–Crippen LogP) is 3.74. The number of hydrogen-bond donors (Lipinski definition) is 2. The van der Waals surface area contributed by atoms with Gasteiger partial charge in [0.25, 0.3) is 5.91 Å². The molecule has 0 atom stereocenters. The van der Waals surface area contributed by atoms with Gasteiger partial charge in [0.2, 0.25) is 0 Å². The van der Waals surface area contributed by atoms with Crippen LogP contribution in [-0.4, -0.2) is 18.5 Å². The molecule has 0 aliphatic heterocycles. The summed E-state index contributed by atoms with van der Waals surface area (Å²) in [4.78, 5) is 24.2. The standard InChI is InChI=1S/C19H14F3N3O3/c1-2-28-19(27)12-5-3-4-6-14(12)25-18(26)11(9-23)10-24-15-8-7-13(20)16(21)17(15)22/h3-8,10,24H,2H2,1H3,(H,25,26)/b11-10-. The molecule has 0 fully saturated rings. The topological polar surface area (TPSA) is 91.2 Å². The maximum Gasteiger partial charge on any atom is 0.340 e. The Labute approximate surface area is 158 Å². The van der Waals surface area contributed by atoms with Gasteiger partial charge in [-0.1, -0.05) is 12.1 Å². The Morgan fingerprint density at radius 3 is 2.50 bits per heavy atom. The lowest BCUT2D eigenvalue weighted by Gasteiger charge is -2.10. The van der Waals surface area contributed by atoms with Crippen molar-refractivity contribution in [3.05, 3.63) is 71.2 Å². The lowest BCUT2D eigenvalue weighted by atomic mass is 10.1. The highest BCUT2D eigenvalue weighted by Crippen LogP contribution is 2.20. The number of carbonyl (C=O) groups excluding carboxylic acids is 2. The molecule has 0 radical (unpaired) electrons. The van der Waals surface area contributed by atoms with Gasteiger partial charge in [0.1, 0.15) is 11.6 Å². The highest BCUT2D eigenvalue weighted by molar-refractivity contribution is 6.09.